The minimum atomic E-state index is -0.349. The van der Waals surface area contributed by atoms with Crippen molar-refractivity contribution in [3.8, 4) is 0 Å². The lowest BCUT2D eigenvalue weighted by molar-refractivity contribution is -0.385. The van der Waals surface area contributed by atoms with Crippen molar-refractivity contribution in [2.75, 3.05) is 13.1 Å². The fourth-order valence-electron chi connectivity index (χ4n) is 2.83. The second-order valence-electron chi connectivity index (χ2n) is 5.67. The molecule has 6 heteroatoms. The number of non-ortho nitro benzene ring substituents is 1. The lowest BCUT2D eigenvalue weighted by Gasteiger charge is -2.15. The quantitative estimate of drug-likeness (QED) is 0.661. The van der Waals surface area contributed by atoms with Gasteiger partial charge < -0.3 is 5.32 Å². The zero-order valence-electron chi connectivity index (χ0n) is 11.2. The summed E-state index contributed by atoms with van der Waals surface area (Å²) in [5, 5.41) is 14.4. The zero-order chi connectivity index (χ0) is 14.1. The van der Waals surface area contributed by atoms with Crippen LogP contribution in [0.15, 0.2) is 22.7 Å². The van der Waals surface area contributed by atoms with Crippen molar-refractivity contribution in [2.24, 2.45) is 0 Å². The average molecular weight is 340 g/mol. The molecule has 0 aromatic heterocycles. The molecule has 1 aromatic carbocycles. The van der Waals surface area contributed by atoms with Crippen LogP contribution in [0.4, 0.5) is 5.69 Å². The van der Waals surface area contributed by atoms with E-state index in [-0.39, 0.29) is 10.6 Å². The second kappa shape index (κ2) is 5.79. The normalized spacial score (nSPS) is 23.1. The number of benzene rings is 1. The molecule has 2 aliphatic rings. The van der Waals surface area contributed by atoms with Crippen LogP contribution in [0.3, 0.4) is 0 Å². The van der Waals surface area contributed by atoms with Gasteiger partial charge in [0.1, 0.15) is 0 Å². The molecule has 1 N–H and O–H groups in total. The first-order chi connectivity index (χ1) is 9.61. The molecule has 108 valence electrons. The van der Waals surface area contributed by atoms with Crippen molar-refractivity contribution in [3.63, 3.8) is 0 Å². The Bertz CT molecular complexity index is 519. The van der Waals surface area contributed by atoms with Crippen LogP contribution < -0.4 is 5.32 Å². The van der Waals surface area contributed by atoms with Gasteiger partial charge in [0.25, 0.3) is 5.69 Å². The maximum absolute atomic E-state index is 10.8. The fraction of sp³-hybridized carbons (Fsp3) is 0.571. The first kappa shape index (κ1) is 14.0. The third-order valence-electron chi connectivity index (χ3n) is 4.03. The van der Waals surface area contributed by atoms with Crippen LogP contribution in [-0.2, 0) is 6.54 Å². The highest BCUT2D eigenvalue weighted by Gasteiger charge is 2.34. The smallest absolute Gasteiger partial charge is 0.270 e. The summed E-state index contributed by atoms with van der Waals surface area (Å²) < 4.78 is 0.759. The van der Waals surface area contributed by atoms with Crippen LogP contribution in [0.25, 0.3) is 0 Å². The summed E-state index contributed by atoms with van der Waals surface area (Å²) >= 11 is 3.33. The number of nitro benzene ring substituents is 1. The zero-order valence-corrected chi connectivity index (χ0v) is 12.8. The fourth-order valence-corrected chi connectivity index (χ4v) is 3.36. The van der Waals surface area contributed by atoms with Crippen molar-refractivity contribution < 1.29 is 4.92 Å². The lowest BCUT2D eigenvalue weighted by Crippen LogP contribution is -2.32. The van der Waals surface area contributed by atoms with Gasteiger partial charge in [0, 0.05) is 48.3 Å². The Kier molecular flexibility index (Phi) is 4.05. The van der Waals surface area contributed by atoms with E-state index >= 15 is 0 Å². The van der Waals surface area contributed by atoms with Crippen LogP contribution in [0, 0.1) is 10.1 Å². The number of halogens is 1. The van der Waals surface area contributed by atoms with Gasteiger partial charge in [-0.15, -0.1) is 0 Å². The Balaban J connectivity index is 1.56. The molecule has 0 spiro atoms. The Labute approximate surface area is 126 Å². The minimum Gasteiger partial charge on any atom is -0.309 e. The van der Waals surface area contributed by atoms with Crippen LogP contribution in [0.1, 0.15) is 24.8 Å². The third-order valence-corrected chi connectivity index (χ3v) is 4.49. The minimum absolute atomic E-state index is 0.141. The molecule has 20 heavy (non-hydrogen) atoms. The van der Waals surface area contributed by atoms with Gasteiger partial charge in [-0.1, -0.05) is 15.9 Å². The Morgan fingerprint density at radius 1 is 1.35 bits per heavy atom. The van der Waals surface area contributed by atoms with Gasteiger partial charge in [-0.2, -0.15) is 0 Å². The molecule has 1 aliphatic heterocycles. The maximum Gasteiger partial charge on any atom is 0.270 e. The molecule has 1 heterocycles. The highest BCUT2D eigenvalue weighted by Crippen LogP contribution is 2.30. The molecule has 0 amide bonds. The van der Waals surface area contributed by atoms with Crippen LogP contribution >= 0.6 is 15.9 Å². The van der Waals surface area contributed by atoms with Gasteiger partial charge in [0.05, 0.1) is 4.92 Å². The standard InChI is InChI=1S/C14H18BrN3O2/c15-11-5-10(6-14(7-11)18(19)20)8-16-12-3-4-17(9-12)13-1-2-13/h5-7,12-13,16H,1-4,8-9H2. The SMILES string of the molecule is O=[N+]([O-])c1cc(Br)cc(CNC2CCN(C3CC3)C2)c1. The maximum atomic E-state index is 10.8. The van der Waals surface area contributed by atoms with Gasteiger partial charge in [-0.05, 0) is 30.9 Å². The van der Waals surface area contributed by atoms with E-state index in [4.69, 9.17) is 0 Å². The Morgan fingerprint density at radius 2 is 2.15 bits per heavy atom. The summed E-state index contributed by atoms with van der Waals surface area (Å²) in [5.74, 6) is 0. The van der Waals surface area contributed by atoms with E-state index in [2.05, 4.69) is 26.1 Å². The average Bonchev–Trinajstić information content (AvgIpc) is 3.15. The summed E-state index contributed by atoms with van der Waals surface area (Å²) in [5.41, 5.74) is 1.10. The predicted molar refractivity (Wildman–Crippen MR) is 80.6 cm³/mol. The first-order valence-electron chi connectivity index (χ1n) is 7.03. The van der Waals surface area contributed by atoms with Gasteiger partial charge in [-0.25, -0.2) is 0 Å². The summed E-state index contributed by atoms with van der Waals surface area (Å²) in [4.78, 5) is 13.1. The molecule has 0 radical (unpaired) electrons. The van der Waals surface area contributed by atoms with Gasteiger partial charge in [0.2, 0.25) is 0 Å². The monoisotopic (exact) mass is 339 g/mol. The summed E-state index contributed by atoms with van der Waals surface area (Å²) in [6.07, 6.45) is 3.88. The van der Waals surface area contributed by atoms with E-state index in [0.29, 0.717) is 12.6 Å². The topological polar surface area (TPSA) is 58.4 Å². The molecule has 0 bridgehead atoms. The van der Waals surface area contributed by atoms with Crippen molar-refractivity contribution in [2.45, 2.75) is 37.9 Å². The van der Waals surface area contributed by atoms with Gasteiger partial charge in [0.15, 0.2) is 0 Å². The molecule has 1 aromatic rings. The number of nitro groups is 1. The van der Waals surface area contributed by atoms with E-state index in [1.807, 2.05) is 6.07 Å². The molecular formula is C14H18BrN3O2. The molecule has 1 saturated heterocycles. The number of nitrogens with one attached hydrogen (secondary N) is 1. The van der Waals surface area contributed by atoms with Crippen molar-refractivity contribution in [1.29, 1.82) is 0 Å². The molecule has 1 unspecified atom stereocenters. The van der Waals surface area contributed by atoms with Crippen molar-refractivity contribution in [3.05, 3.63) is 38.3 Å². The largest absolute Gasteiger partial charge is 0.309 e. The molecular weight excluding hydrogens is 322 g/mol. The predicted octanol–water partition coefficient (Wildman–Crippen LogP) is 2.68. The summed E-state index contributed by atoms with van der Waals surface area (Å²) in [7, 11) is 0. The van der Waals surface area contributed by atoms with E-state index in [1.54, 1.807) is 6.07 Å². The van der Waals surface area contributed by atoms with Crippen molar-refractivity contribution >= 4 is 21.6 Å². The number of hydrogen-bond donors (Lipinski definition) is 1. The van der Waals surface area contributed by atoms with Gasteiger partial charge >= 0.3 is 0 Å². The Morgan fingerprint density at radius 3 is 2.85 bits per heavy atom. The highest BCUT2D eigenvalue weighted by atomic mass is 79.9. The van der Waals surface area contributed by atoms with E-state index in [1.165, 1.54) is 31.9 Å². The molecule has 1 atom stereocenters. The van der Waals surface area contributed by atoms with E-state index in [0.717, 1.165) is 22.6 Å². The molecule has 3 rings (SSSR count). The van der Waals surface area contributed by atoms with Gasteiger partial charge in [-0.3, -0.25) is 15.0 Å². The second-order valence-corrected chi connectivity index (χ2v) is 6.58. The number of nitrogens with zero attached hydrogens (tertiary/aromatic N) is 2. The third kappa shape index (κ3) is 3.37. The summed E-state index contributed by atoms with van der Waals surface area (Å²) in [6, 6.07) is 6.45. The number of hydrogen-bond acceptors (Lipinski definition) is 4. The van der Waals surface area contributed by atoms with Crippen LogP contribution in [-0.4, -0.2) is 35.0 Å². The molecule has 1 saturated carbocycles. The van der Waals surface area contributed by atoms with E-state index in [9.17, 15) is 10.1 Å². The molecule has 5 nitrogen and oxygen atoms in total. The number of rotatable bonds is 5. The Hall–Kier alpha value is -0.980. The summed E-state index contributed by atoms with van der Waals surface area (Å²) in [6.45, 7) is 2.98. The highest BCUT2D eigenvalue weighted by molar-refractivity contribution is 9.10. The first-order valence-corrected chi connectivity index (χ1v) is 7.82. The number of likely N-dealkylation sites (tertiary alicyclic amines) is 1. The lowest BCUT2D eigenvalue weighted by atomic mass is 10.2. The molecule has 2 fully saturated rings. The van der Waals surface area contributed by atoms with Crippen LogP contribution in [0.2, 0.25) is 0 Å². The molecule has 1 aliphatic carbocycles. The van der Waals surface area contributed by atoms with Crippen molar-refractivity contribution in [1.82, 2.24) is 10.2 Å². The van der Waals surface area contributed by atoms with E-state index < -0.39 is 0 Å². The van der Waals surface area contributed by atoms with Crippen LogP contribution in [0.5, 0.6) is 0 Å².